The van der Waals surface area contributed by atoms with Crippen molar-refractivity contribution in [3.05, 3.63) is 23.8 Å². The van der Waals surface area contributed by atoms with Gasteiger partial charge in [-0.15, -0.1) is 11.6 Å². The van der Waals surface area contributed by atoms with Gasteiger partial charge in [0.25, 0.3) is 0 Å². The first kappa shape index (κ1) is 8.73. The second kappa shape index (κ2) is 4.59. The zero-order valence-electron chi connectivity index (χ0n) is 4.73. The Balaban J connectivity index is 3.94. The van der Waals surface area contributed by atoms with Crippen LogP contribution in [0.4, 0.5) is 0 Å². The number of carbonyl (C=O) groups excluding carboxylic acids is 1. The van der Waals surface area contributed by atoms with Crippen molar-refractivity contribution in [2.45, 2.75) is 0 Å². The van der Waals surface area contributed by atoms with Crippen molar-refractivity contribution >= 4 is 29.0 Å². The van der Waals surface area contributed by atoms with Gasteiger partial charge in [-0.2, -0.15) is 0 Å². The maximum Gasteiger partial charge on any atom is 0.171 e. The number of ketones is 1. The van der Waals surface area contributed by atoms with E-state index in [1.165, 1.54) is 12.2 Å². The predicted octanol–water partition coefficient (Wildman–Crippen LogP) is 2.10. The summed E-state index contributed by atoms with van der Waals surface area (Å²) in [5, 5.41) is 0.320. The highest BCUT2D eigenvalue weighted by Crippen LogP contribution is 2.01. The van der Waals surface area contributed by atoms with E-state index in [2.05, 4.69) is 6.58 Å². The van der Waals surface area contributed by atoms with E-state index in [0.29, 0.717) is 5.03 Å². The largest absolute Gasteiger partial charge is 0.293 e. The number of alkyl halides is 1. The molecule has 0 aromatic carbocycles. The van der Waals surface area contributed by atoms with E-state index in [9.17, 15) is 4.79 Å². The molecule has 0 saturated carbocycles. The van der Waals surface area contributed by atoms with Gasteiger partial charge in [-0.05, 0) is 0 Å². The Kier molecular flexibility index (Phi) is 4.46. The fourth-order valence-corrected chi connectivity index (χ4v) is 0.450. The zero-order chi connectivity index (χ0) is 7.28. The van der Waals surface area contributed by atoms with Crippen LogP contribution in [0.2, 0.25) is 0 Å². The molecule has 0 aliphatic carbocycles. The third-order valence-electron chi connectivity index (χ3n) is 0.626. The first-order chi connectivity index (χ1) is 4.20. The van der Waals surface area contributed by atoms with Gasteiger partial charge in [-0.3, -0.25) is 4.79 Å². The maximum atomic E-state index is 10.4. The quantitative estimate of drug-likeness (QED) is 0.355. The molecule has 0 N–H and O–H groups in total. The average molecular weight is 165 g/mol. The van der Waals surface area contributed by atoms with Gasteiger partial charge in [0.2, 0.25) is 0 Å². The minimum Gasteiger partial charge on any atom is -0.293 e. The number of allylic oxidation sites excluding steroid dienone is 3. The van der Waals surface area contributed by atoms with Crippen LogP contribution in [0.3, 0.4) is 0 Å². The van der Waals surface area contributed by atoms with Gasteiger partial charge >= 0.3 is 0 Å². The number of hydrogen-bond acceptors (Lipinski definition) is 1. The first-order valence-electron chi connectivity index (χ1n) is 2.29. The summed E-state index contributed by atoms with van der Waals surface area (Å²) in [6, 6.07) is 0. The molecule has 0 aromatic heterocycles. The van der Waals surface area contributed by atoms with E-state index in [-0.39, 0.29) is 11.7 Å². The van der Waals surface area contributed by atoms with Crippen molar-refractivity contribution in [2.24, 2.45) is 0 Å². The molecule has 0 radical (unpaired) electrons. The fraction of sp³-hybridized carbons (Fsp3) is 0.167. The molecule has 0 saturated heterocycles. The van der Waals surface area contributed by atoms with Crippen LogP contribution in [0.15, 0.2) is 23.8 Å². The standard InChI is InChI=1S/C6H6Cl2O/c1-2-5(8)3-6(9)4-7/h2-3H,1,4H2. The summed E-state index contributed by atoms with van der Waals surface area (Å²) in [7, 11) is 0. The first-order valence-corrected chi connectivity index (χ1v) is 3.20. The van der Waals surface area contributed by atoms with Crippen molar-refractivity contribution in [2.75, 3.05) is 5.88 Å². The molecule has 0 unspecified atom stereocenters. The van der Waals surface area contributed by atoms with Gasteiger partial charge in [-0.25, -0.2) is 0 Å². The highest BCUT2D eigenvalue weighted by molar-refractivity contribution is 6.35. The lowest BCUT2D eigenvalue weighted by Gasteiger charge is -1.84. The van der Waals surface area contributed by atoms with E-state index in [0.717, 1.165) is 0 Å². The molecule has 9 heavy (non-hydrogen) atoms. The minimum absolute atomic E-state index is 0.0376. The van der Waals surface area contributed by atoms with Crippen LogP contribution in [0, 0.1) is 0 Å². The van der Waals surface area contributed by atoms with Crippen molar-refractivity contribution in [1.29, 1.82) is 0 Å². The monoisotopic (exact) mass is 164 g/mol. The third-order valence-corrected chi connectivity index (χ3v) is 1.15. The molecule has 0 amide bonds. The normalized spacial score (nSPS) is 11.1. The Labute approximate surface area is 64.0 Å². The summed E-state index contributed by atoms with van der Waals surface area (Å²) < 4.78 is 0. The molecule has 0 aromatic rings. The summed E-state index contributed by atoms with van der Waals surface area (Å²) in [5.41, 5.74) is 0. The number of carbonyl (C=O) groups is 1. The van der Waals surface area contributed by atoms with E-state index in [4.69, 9.17) is 23.2 Å². The molecule has 0 aliphatic rings. The highest BCUT2D eigenvalue weighted by Gasteiger charge is 1.92. The number of halogens is 2. The van der Waals surface area contributed by atoms with Crippen LogP contribution in [0.5, 0.6) is 0 Å². The summed E-state index contributed by atoms with van der Waals surface area (Å²) in [6.07, 6.45) is 2.62. The maximum absolute atomic E-state index is 10.4. The van der Waals surface area contributed by atoms with Gasteiger partial charge < -0.3 is 0 Å². The van der Waals surface area contributed by atoms with E-state index in [1.807, 2.05) is 0 Å². The Morgan fingerprint density at radius 2 is 2.22 bits per heavy atom. The van der Waals surface area contributed by atoms with E-state index >= 15 is 0 Å². The smallest absolute Gasteiger partial charge is 0.171 e. The van der Waals surface area contributed by atoms with Gasteiger partial charge in [-0.1, -0.05) is 24.3 Å². The van der Waals surface area contributed by atoms with Gasteiger partial charge in [0.05, 0.1) is 5.88 Å². The molecule has 0 bridgehead atoms. The topological polar surface area (TPSA) is 17.1 Å². The second-order valence-electron chi connectivity index (χ2n) is 1.33. The van der Waals surface area contributed by atoms with Crippen LogP contribution in [-0.4, -0.2) is 11.7 Å². The lowest BCUT2D eigenvalue weighted by atomic mass is 10.4. The highest BCUT2D eigenvalue weighted by atomic mass is 35.5. The Bertz CT molecular complexity index is 149. The molecule has 0 heterocycles. The lowest BCUT2D eigenvalue weighted by molar-refractivity contribution is -0.112. The van der Waals surface area contributed by atoms with Crippen molar-refractivity contribution in [3.8, 4) is 0 Å². The third kappa shape index (κ3) is 4.25. The van der Waals surface area contributed by atoms with Crippen molar-refractivity contribution in [3.63, 3.8) is 0 Å². The average Bonchev–Trinajstić information content (AvgIpc) is 1.87. The Morgan fingerprint density at radius 1 is 1.67 bits per heavy atom. The Hall–Kier alpha value is -0.270. The fourth-order valence-electron chi connectivity index (χ4n) is 0.251. The zero-order valence-corrected chi connectivity index (χ0v) is 6.24. The summed E-state index contributed by atoms with van der Waals surface area (Å²) in [6.45, 7) is 3.35. The predicted molar refractivity (Wildman–Crippen MR) is 39.9 cm³/mol. The Morgan fingerprint density at radius 3 is 2.56 bits per heavy atom. The van der Waals surface area contributed by atoms with E-state index < -0.39 is 0 Å². The summed E-state index contributed by atoms with van der Waals surface area (Å²) in [5.74, 6) is -0.245. The van der Waals surface area contributed by atoms with Crippen molar-refractivity contribution < 1.29 is 4.79 Å². The van der Waals surface area contributed by atoms with Crippen LogP contribution < -0.4 is 0 Å². The molecule has 0 atom stereocenters. The molecular weight excluding hydrogens is 159 g/mol. The van der Waals surface area contributed by atoms with Crippen LogP contribution in [0.25, 0.3) is 0 Å². The van der Waals surface area contributed by atoms with Crippen LogP contribution in [-0.2, 0) is 4.79 Å². The molecule has 0 rings (SSSR count). The molecular formula is C6H6Cl2O. The van der Waals surface area contributed by atoms with E-state index in [1.54, 1.807) is 0 Å². The summed E-state index contributed by atoms with van der Waals surface area (Å²) >= 11 is 10.6. The number of rotatable bonds is 3. The molecule has 0 fully saturated rings. The number of hydrogen-bond donors (Lipinski definition) is 0. The van der Waals surface area contributed by atoms with Gasteiger partial charge in [0.15, 0.2) is 5.78 Å². The molecule has 0 aliphatic heterocycles. The van der Waals surface area contributed by atoms with Crippen molar-refractivity contribution in [1.82, 2.24) is 0 Å². The molecule has 0 spiro atoms. The van der Waals surface area contributed by atoms with Gasteiger partial charge in [0.1, 0.15) is 0 Å². The molecule has 3 heteroatoms. The van der Waals surface area contributed by atoms with Crippen LogP contribution >= 0.6 is 23.2 Å². The molecule has 50 valence electrons. The second-order valence-corrected chi connectivity index (χ2v) is 2.04. The minimum atomic E-state index is -0.207. The molecule has 1 nitrogen and oxygen atoms in total. The van der Waals surface area contributed by atoms with Crippen LogP contribution in [0.1, 0.15) is 0 Å². The summed E-state index contributed by atoms with van der Waals surface area (Å²) in [4.78, 5) is 10.4. The lowest BCUT2D eigenvalue weighted by Crippen LogP contribution is -1.92. The van der Waals surface area contributed by atoms with Gasteiger partial charge in [0, 0.05) is 11.1 Å². The SMILES string of the molecule is C=CC(Cl)=CC(=O)CCl.